The summed E-state index contributed by atoms with van der Waals surface area (Å²) in [7, 11) is 0. The quantitative estimate of drug-likeness (QED) is 0.660. The molecule has 1 heterocycles. The molecule has 1 unspecified atom stereocenters. The Morgan fingerprint density at radius 1 is 1.16 bits per heavy atom. The molecule has 0 aliphatic heterocycles. The fourth-order valence-corrected chi connectivity index (χ4v) is 2.42. The molecule has 0 aliphatic carbocycles. The van der Waals surface area contributed by atoms with Gasteiger partial charge in [0.2, 0.25) is 0 Å². The Bertz CT molecular complexity index is 917. The Balaban J connectivity index is 2.12. The third kappa shape index (κ3) is 3.51. The number of benzene rings is 2. The SMILES string of the molecule is CCC(N)CNc1nc(-c2cc(F)c(F)cc2O)nc2ccccc12. The van der Waals surface area contributed by atoms with E-state index < -0.39 is 17.4 Å². The first kappa shape index (κ1) is 17.0. The molecule has 3 rings (SSSR count). The van der Waals surface area contributed by atoms with E-state index >= 15 is 0 Å². The Labute approximate surface area is 143 Å². The molecule has 1 aromatic heterocycles. The van der Waals surface area contributed by atoms with Gasteiger partial charge in [0.1, 0.15) is 11.6 Å². The maximum atomic E-state index is 13.6. The van der Waals surface area contributed by atoms with Crippen LogP contribution in [0.5, 0.6) is 5.75 Å². The van der Waals surface area contributed by atoms with Gasteiger partial charge < -0.3 is 16.2 Å². The summed E-state index contributed by atoms with van der Waals surface area (Å²) >= 11 is 0. The molecule has 0 saturated heterocycles. The van der Waals surface area contributed by atoms with Gasteiger partial charge in [-0.25, -0.2) is 18.7 Å². The summed E-state index contributed by atoms with van der Waals surface area (Å²) < 4.78 is 26.8. The van der Waals surface area contributed by atoms with Crippen LogP contribution in [0.15, 0.2) is 36.4 Å². The number of nitrogens with one attached hydrogen (secondary N) is 1. The first-order valence-corrected chi connectivity index (χ1v) is 7.94. The van der Waals surface area contributed by atoms with E-state index in [9.17, 15) is 13.9 Å². The molecule has 2 aromatic carbocycles. The molecule has 0 fully saturated rings. The summed E-state index contributed by atoms with van der Waals surface area (Å²) in [6, 6.07) is 8.84. The monoisotopic (exact) mass is 344 g/mol. The van der Waals surface area contributed by atoms with Crippen LogP contribution in [0, 0.1) is 11.6 Å². The van der Waals surface area contributed by atoms with Crippen molar-refractivity contribution in [1.82, 2.24) is 9.97 Å². The number of hydrogen-bond donors (Lipinski definition) is 3. The molecule has 25 heavy (non-hydrogen) atoms. The van der Waals surface area contributed by atoms with Crippen LogP contribution in [-0.2, 0) is 0 Å². The highest BCUT2D eigenvalue weighted by Crippen LogP contribution is 2.31. The number of nitrogens with two attached hydrogens (primary N) is 1. The number of phenols is 1. The van der Waals surface area contributed by atoms with Crippen molar-refractivity contribution in [2.24, 2.45) is 5.73 Å². The van der Waals surface area contributed by atoms with E-state index in [1.807, 2.05) is 25.1 Å². The van der Waals surface area contributed by atoms with Gasteiger partial charge in [-0.1, -0.05) is 19.1 Å². The van der Waals surface area contributed by atoms with Gasteiger partial charge in [-0.15, -0.1) is 0 Å². The molecule has 130 valence electrons. The highest BCUT2D eigenvalue weighted by molar-refractivity contribution is 5.90. The van der Waals surface area contributed by atoms with E-state index in [1.165, 1.54) is 0 Å². The summed E-state index contributed by atoms with van der Waals surface area (Å²) in [6.45, 7) is 2.48. The van der Waals surface area contributed by atoms with Crippen molar-refractivity contribution in [2.45, 2.75) is 19.4 Å². The lowest BCUT2D eigenvalue weighted by Crippen LogP contribution is -2.28. The molecule has 5 nitrogen and oxygen atoms in total. The van der Waals surface area contributed by atoms with Gasteiger partial charge in [-0.3, -0.25) is 0 Å². The maximum Gasteiger partial charge on any atom is 0.165 e. The standard InChI is InChI=1S/C18H18F2N4O/c1-2-10(21)9-22-17-11-5-3-4-6-15(11)23-18(24-17)12-7-13(19)14(20)8-16(12)25/h3-8,10,25H,2,9,21H2,1H3,(H,22,23,24). The highest BCUT2D eigenvalue weighted by atomic mass is 19.2. The van der Waals surface area contributed by atoms with Crippen molar-refractivity contribution in [2.75, 3.05) is 11.9 Å². The van der Waals surface area contributed by atoms with Crippen molar-refractivity contribution in [3.8, 4) is 17.1 Å². The van der Waals surface area contributed by atoms with Gasteiger partial charge in [0.25, 0.3) is 0 Å². The minimum atomic E-state index is -1.13. The molecular formula is C18H18F2N4O. The molecule has 0 aliphatic rings. The van der Waals surface area contributed by atoms with Gasteiger partial charge >= 0.3 is 0 Å². The lowest BCUT2D eigenvalue weighted by atomic mass is 10.1. The van der Waals surface area contributed by atoms with Crippen molar-refractivity contribution in [3.63, 3.8) is 0 Å². The largest absolute Gasteiger partial charge is 0.507 e. The second-order valence-electron chi connectivity index (χ2n) is 5.75. The Hall–Kier alpha value is -2.80. The van der Waals surface area contributed by atoms with E-state index in [4.69, 9.17) is 5.73 Å². The Kier molecular flexibility index (Phi) is 4.76. The zero-order chi connectivity index (χ0) is 18.0. The van der Waals surface area contributed by atoms with Crippen molar-refractivity contribution < 1.29 is 13.9 Å². The number of halogens is 2. The van der Waals surface area contributed by atoms with Gasteiger partial charge in [0.05, 0.1) is 11.1 Å². The van der Waals surface area contributed by atoms with Gasteiger partial charge in [0, 0.05) is 24.0 Å². The van der Waals surface area contributed by atoms with Gasteiger partial charge in [-0.2, -0.15) is 0 Å². The molecule has 0 bridgehead atoms. The fourth-order valence-electron chi connectivity index (χ4n) is 2.42. The van der Waals surface area contributed by atoms with E-state index in [2.05, 4.69) is 15.3 Å². The zero-order valence-electron chi connectivity index (χ0n) is 13.6. The second kappa shape index (κ2) is 6.98. The third-order valence-electron chi connectivity index (χ3n) is 3.94. The fraction of sp³-hybridized carbons (Fsp3) is 0.222. The zero-order valence-corrected chi connectivity index (χ0v) is 13.6. The van der Waals surface area contributed by atoms with Gasteiger partial charge in [-0.05, 0) is 24.6 Å². The second-order valence-corrected chi connectivity index (χ2v) is 5.75. The van der Waals surface area contributed by atoms with Crippen molar-refractivity contribution in [1.29, 1.82) is 0 Å². The topological polar surface area (TPSA) is 84.1 Å². The minimum absolute atomic E-state index is 0.0208. The van der Waals surface area contributed by atoms with Gasteiger partial charge in [0.15, 0.2) is 17.5 Å². The number of anilines is 1. The summed E-state index contributed by atoms with van der Waals surface area (Å²) in [5.41, 5.74) is 6.57. The van der Waals surface area contributed by atoms with E-state index in [0.29, 0.717) is 23.9 Å². The summed E-state index contributed by atoms with van der Waals surface area (Å²) in [6.07, 6.45) is 0.798. The van der Waals surface area contributed by atoms with Crippen LogP contribution in [0.1, 0.15) is 13.3 Å². The molecule has 1 atom stereocenters. The molecule has 0 radical (unpaired) electrons. The number of para-hydroxylation sites is 1. The van der Waals surface area contributed by atoms with Crippen LogP contribution >= 0.6 is 0 Å². The van der Waals surface area contributed by atoms with E-state index in [1.54, 1.807) is 6.07 Å². The molecule has 0 saturated carbocycles. The highest BCUT2D eigenvalue weighted by Gasteiger charge is 2.16. The van der Waals surface area contributed by atoms with Crippen molar-refractivity contribution >= 4 is 16.7 Å². The van der Waals surface area contributed by atoms with Crippen LogP contribution in [-0.4, -0.2) is 27.7 Å². The summed E-state index contributed by atoms with van der Waals surface area (Å²) in [5, 5.41) is 13.9. The van der Waals surface area contributed by atoms with E-state index in [-0.39, 0.29) is 17.4 Å². The van der Waals surface area contributed by atoms with E-state index in [0.717, 1.165) is 17.9 Å². The molecule has 0 amide bonds. The maximum absolute atomic E-state index is 13.6. The summed E-state index contributed by atoms with van der Waals surface area (Å²) in [4.78, 5) is 8.74. The van der Waals surface area contributed by atoms with Crippen LogP contribution in [0.25, 0.3) is 22.3 Å². The number of hydrogen-bond acceptors (Lipinski definition) is 5. The Morgan fingerprint density at radius 2 is 1.88 bits per heavy atom. The van der Waals surface area contributed by atoms with Crippen LogP contribution in [0.3, 0.4) is 0 Å². The average molecular weight is 344 g/mol. The average Bonchev–Trinajstić information content (AvgIpc) is 2.62. The third-order valence-corrected chi connectivity index (χ3v) is 3.94. The summed E-state index contributed by atoms with van der Waals surface area (Å²) in [5.74, 6) is -2.01. The smallest absolute Gasteiger partial charge is 0.165 e. The molecule has 4 N–H and O–H groups in total. The van der Waals surface area contributed by atoms with Crippen LogP contribution < -0.4 is 11.1 Å². The minimum Gasteiger partial charge on any atom is -0.507 e. The number of aromatic hydroxyl groups is 1. The lowest BCUT2D eigenvalue weighted by molar-refractivity contribution is 0.456. The van der Waals surface area contributed by atoms with Crippen molar-refractivity contribution in [3.05, 3.63) is 48.0 Å². The predicted octanol–water partition coefficient (Wildman–Crippen LogP) is 3.43. The molecule has 0 spiro atoms. The molecular weight excluding hydrogens is 326 g/mol. The first-order valence-electron chi connectivity index (χ1n) is 7.94. The number of aromatic nitrogens is 2. The molecule has 3 aromatic rings. The number of fused-ring (bicyclic) bond motifs is 1. The number of rotatable bonds is 5. The lowest BCUT2D eigenvalue weighted by Gasteiger charge is -2.14. The normalized spacial score (nSPS) is 12.3. The first-order chi connectivity index (χ1) is 12.0. The van der Waals surface area contributed by atoms with Crippen LogP contribution in [0.2, 0.25) is 0 Å². The predicted molar refractivity (Wildman–Crippen MR) is 93.3 cm³/mol. The molecule has 7 heteroatoms. The number of nitrogens with zero attached hydrogens (tertiary/aromatic N) is 2. The van der Waals surface area contributed by atoms with Crippen LogP contribution in [0.4, 0.5) is 14.6 Å². The number of phenolic OH excluding ortho intramolecular Hbond substituents is 1. The Morgan fingerprint density at radius 3 is 2.64 bits per heavy atom.